The third kappa shape index (κ3) is 8.06. The van der Waals surface area contributed by atoms with E-state index in [1.165, 1.54) is 23.8 Å². The lowest BCUT2D eigenvalue weighted by atomic mass is 9.92. The Balaban J connectivity index is 0.000000191. The van der Waals surface area contributed by atoms with Gasteiger partial charge in [0.05, 0.1) is 11.4 Å². The highest BCUT2D eigenvalue weighted by Gasteiger charge is 2.36. The average molecular weight is 708 g/mol. The molecule has 2 atom stereocenters. The van der Waals surface area contributed by atoms with E-state index in [9.17, 15) is 36.6 Å². The first-order valence-electron chi connectivity index (χ1n) is 15.3. The van der Waals surface area contributed by atoms with Gasteiger partial charge in [0.25, 0.3) is 11.8 Å². The maximum absolute atomic E-state index is 11.9. The predicted molar refractivity (Wildman–Crippen MR) is 187 cm³/mol. The number of nitrogens with two attached hydrogens (primary N) is 1. The van der Waals surface area contributed by atoms with Crippen LogP contribution < -0.4 is 23.8 Å². The van der Waals surface area contributed by atoms with Crippen molar-refractivity contribution in [3.63, 3.8) is 0 Å². The smallest absolute Gasteiger partial charge is 0.326 e. The van der Waals surface area contributed by atoms with Gasteiger partial charge in [-0.2, -0.15) is 16.8 Å². The Morgan fingerprint density at radius 1 is 0.673 bits per heavy atom. The second-order valence-corrected chi connectivity index (χ2v) is 15.2. The summed E-state index contributed by atoms with van der Waals surface area (Å²) >= 11 is 0. The number of amides is 2. The molecule has 2 heterocycles. The molecule has 6 N–H and O–H groups in total. The number of rotatable bonds is 8. The molecule has 2 saturated heterocycles. The minimum atomic E-state index is -3.94. The van der Waals surface area contributed by atoms with E-state index in [1.807, 2.05) is 71.0 Å². The summed E-state index contributed by atoms with van der Waals surface area (Å²) in [5.41, 5.74) is 10.8. The zero-order chi connectivity index (χ0) is 35.5. The van der Waals surface area contributed by atoms with Crippen LogP contribution in [-0.2, 0) is 42.8 Å². The molecular formula is C34H37N5O8S2. The van der Waals surface area contributed by atoms with Crippen molar-refractivity contribution in [3.8, 4) is 11.5 Å². The van der Waals surface area contributed by atoms with E-state index in [0.717, 1.165) is 25.3 Å². The van der Waals surface area contributed by atoms with E-state index in [1.54, 1.807) is 18.2 Å². The van der Waals surface area contributed by atoms with Gasteiger partial charge in [-0.3, -0.25) is 9.59 Å². The monoisotopic (exact) mass is 707 g/mol. The Kier molecular flexibility index (Phi) is 10.1. The Bertz CT molecular complexity index is 2090. The number of nitrogen functional groups attached to an aromatic ring is 1. The summed E-state index contributed by atoms with van der Waals surface area (Å²) in [7, 11) is -7.86. The van der Waals surface area contributed by atoms with Crippen molar-refractivity contribution in [2.24, 2.45) is 0 Å². The van der Waals surface area contributed by atoms with Crippen molar-refractivity contribution in [1.82, 2.24) is 9.44 Å². The molecule has 2 unspecified atom stereocenters. The number of carbonyl (C=O) groups excluding carboxylic acids is 2. The summed E-state index contributed by atoms with van der Waals surface area (Å²) in [5.74, 6) is -1.20. The second kappa shape index (κ2) is 14.1. The first-order valence-corrected chi connectivity index (χ1v) is 18.2. The lowest BCUT2D eigenvalue weighted by molar-refractivity contribution is -0.118. The standard InChI is InChI=1S/C17H19N3O4S.C17H18N2O4S/c1-11(13-4-2-3-5-14(13)18)8-12-6-7-15(16(21)9-12)20-10-17(22)19-25(20,23)24;1-12(14-5-3-2-4-6-14)9-13-7-8-15(16(20)10-13)19-11-17(21)18-24(19,22)23/h2-7,9,11,21H,8,10,18H2,1H3,(H,19,22);2-8,10,12,20H,9,11H2,1H3,(H,18,21). The van der Waals surface area contributed by atoms with Crippen LogP contribution in [0.25, 0.3) is 0 Å². The van der Waals surface area contributed by atoms with Gasteiger partial charge in [0.15, 0.2) is 0 Å². The normalized spacial score (nSPS) is 17.4. The number of phenolic OH excluding ortho intramolecular Hbond substituents is 2. The summed E-state index contributed by atoms with van der Waals surface area (Å²) < 4.78 is 53.0. The molecular weight excluding hydrogens is 671 g/mol. The number of nitrogens with zero attached hydrogens (tertiary/aromatic N) is 2. The highest BCUT2D eigenvalue weighted by molar-refractivity contribution is 7.92. The molecule has 2 aliphatic rings. The fourth-order valence-electron chi connectivity index (χ4n) is 5.81. The first kappa shape index (κ1) is 35.0. The number of aromatic hydroxyl groups is 2. The third-order valence-electron chi connectivity index (χ3n) is 8.24. The molecule has 13 nitrogen and oxygen atoms in total. The summed E-state index contributed by atoms with van der Waals surface area (Å²) in [6.07, 6.45) is 1.34. The average Bonchev–Trinajstić information content (AvgIpc) is 3.48. The molecule has 15 heteroatoms. The number of nitrogens with one attached hydrogen (secondary N) is 2. The molecule has 0 bridgehead atoms. The second-order valence-electron chi connectivity index (χ2n) is 12.0. The fraction of sp³-hybridized carbons (Fsp3) is 0.235. The van der Waals surface area contributed by atoms with Crippen molar-refractivity contribution in [3.05, 3.63) is 113 Å². The summed E-state index contributed by atoms with van der Waals surface area (Å²) in [6, 6.07) is 27.2. The largest absolute Gasteiger partial charge is 0.506 e. The minimum Gasteiger partial charge on any atom is -0.506 e. The first-order chi connectivity index (χ1) is 23.1. The number of para-hydroxylation sites is 1. The number of phenols is 2. The van der Waals surface area contributed by atoms with Crippen molar-refractivity contribution < 1.29 is 36.6 Å². The third-order valence-corrected chi connectivity index (χ3v) is 11.0. The van der Waals surface area contributed by atoms with Crippen LogP contribution in [0.2, 0.25) is 0 Å². The van der Waals surface area contributed by atoms with Crippen LogP contribution in [0.15, 0.2) is 91.0 Å². The minimum absolute atomic E-state index is 0.0778. The van der Waals surface area contributed by atoms with Crippen molar-refractivity contribution >= 4 is 49.3 Å². The molecule has 2 amide bonds. The Morgan fingerprint density at radius 3 is 1.55 bits per heavy atom. The van der Waals surface area contributed by atoms with E-state index >= 15 is 0 Å². The van der Waals surface area contributed by atoms with Crippen molar-refractivity contribution in [2.75, 3.05) is 27.4 Å². The highest BCUT2D eigenvalue weighted by Crippen LogP contribution is 2.34. The molecule has 4 aromatic rings. The Hall–Kier alpha value is -5.28. The molecule has 6 rings (SSSR count). The van der Waals surface area contributed by atoms with Crippen LogP contribution in [0.4, 0.5) is 17.1 Å². The summed E-state index contributed by atoms with van der Waals surface area (Å²) in [4.78, 5) is 22.6. The summed E-state index contributed by atoms with van der Waals surface area (Å²) in [5, 5.41) is 20.4. The topological polar surface area (TPSA) is 199 Å². The number of hydrogen-bond acceptors (Lipinski definition) is 9. The molecule has 4 aromatic carbocycles. The molecule has 0 radical (unpaired) electrons. The van der Waals surface area contributed by atoms with Gasteiger partial charge in [0.2, 0.25) is 0 Å². The molecule has 0 saturated carbocycles. The van der Waals surface area contributed by atoms with Crippen LogP contribution >= 0.6 is 0 Å². The van der Waals surface area contributed by atoms with Gasteiger partial charge in [-0.25, -0.2) is 18.1 Å². The van der Waals surface area contributed by atoms with Crippen molar-refractivity contribution in [1.29, 1.82) is 0 Å². The van der Waals surface area contributed by atoms with Crippen molar-refractivity contribution in [2.45, 2.75) is 38.5 Å². The van der Waals surface area contributed by atoms with E-state index in [4.69, 9.17) is 5.73 Å². The van der Waals surface area contributed by atoms with Gasteiger partial charge in [-0.05, 0) is 77.3 Å². The van der Waals surface area contributed by atoms with E-state index in [0.29, 0.717) is 18.5 Å². The molecule has 0 spiro atoms. The number of carbonyl (C=O) groups is 2. The van der Waals surface area contributed by atoms with Gasteiger partial charge < -0.3 is 15.9 Å². The van der Waals surface area contributed by atoms with Crippen LogP contribution in [0.3, 0.4) is 0 Å². The maximum Gasteiger partial charge on any atom is 0.326 e. The Labute approximate surface area is 285 Å². The SMILES string of the molecule is CC(Cc1ccc(N2CC(=O)NS2(=O)=O)c(O)c1)c1ccccc1.CC(Cc1ccc(N2CC(=O)NS2(=O)=O)c(O)c1)c1ccccc1N. The van der Waals surface area contributed by atoms with Gasteiger partial charge in [-0.15, -0.1) is 0 Å². The van der Waals surface area contributed by atoms with Crippen LogP contribution in [0.1, 0.15) is 47.9 Å². The molecule has 0 aromatic heterocycles. The van der Waals surface area contributed by atoms with Crippen LogP contribution in [0, 0.1) is 0 Å². The lowest BCUT2D eigenvalue weighted by Crippen LogP contribution is -2.29. The van der Waals surface area contributed by atoms with Gasteiger partial charge in [-0.1, -0.05) is 74.5 Å². The molecule has 258 valence electrons. The zero-order valence-corrected chi connectivity index (χ0v) is 28.4. The zero-order valence-electron chi connectivity index (χ0n) is 26.8. The number of anilines is 3. The molecule has 49 heavy (non-hydrogen) atoms. The highest BCUT2D eigenvalue weighted by atomic mass is 32.2. The Morgan fingerprint density at radius 2 is 1.12 bits per heavy atom. The summed E-state index contributed by atoms with van der Waals surface area (Å²) in [6.45, 7) is 3.46. The van der Waals surface area contributed by atoms with E-state index in [-0.39, 0.29) is 47.8 Å². The number of benzene rings is 4. The van der Waals surface area contributed by atoms with Crippen LogP contribution in [0.5, 0.6) is 11.5 Å². The fourth-order valence-corrected chi connectivity index (χ4v) is 8.14. The predicted octanol–water partition coefficient (Wildman–Crippen LogP) is 3.42. The molecule has 0 aliphatic carbocycles. The van der Waals surface area contributed by atoms with Gasteiger partial charge >= 0.3 is 20.4 Å². The van der Waals surface area contributed by atoms with E-state index < -0.39 is 32.2 Å². The van der Waals surface area contributed by atoms with E-state index in [2.05, 4.69) is 6.92 Å². The lowest BCUT2D eigenvalue weighted by Gasteiger charge is -2.18. The number of hydrogen-bond donors (Lipinski definition) is 5. The molecule has 2 aliphatic heterocycles. The van der Waals surface area contributed by atoms with Gasteiger partial charge in [0, 0.05) is 5.69 Å². The quantitative estimate of drug-likeness (QED) is 0.170. The molecule has 2 fully saturated rings. The maximum atomic E-state index is 11.9. The van der Waals surface area contributed by atoms with Gasteiger partial charge in [0.1, 0.15) is 24.6 Å². The van der Waals surface area contributed by atoms with Crippen LogP contribution in [-0.4, -0.2) is 52.0 Å².